The number of halogens is 3. The standard InChI is InChI=1S/C17H13F3N2O2/c18-17(19,20)16-21-12-8-14-15(24-7-6-23-14)9-13(12)22(16)10-11-4-2-1-3-5-11/h1-5,8-9H,6-7,10H2. The molecule has 0 bridgehead atoms. The molecular formula is C17H13F3N2O2. The van der Waals surface area contributed by atoms with E-state index in [1.165, 1.54) is 10.6 Å². The van der Waals surface area contributed by atoms with Gasteiger partial charge in [-0.15, -0.1) is 0 Å². The molecule has 124 valence electrons. The molecule has 4 nitrogen and oxygen atoms in total. The second-order valence-electron chi connectivity index (χ2n) is 5.49. The summed E-state index contributed by atoms with van der Waals surface area (Å²) < 4.78 is 52.3. The quantitative estimate of drug-likeness (QED) is 0.714. The number of ether oxygens (including phenoxy) is 2. The molecule has 0 radical (unpaired) electrons. The summed E-state index contributed by atoms with van der Waals surface area (Å²) in [6.45, 7) is 0.818. The lowest BCUT2D eigenvalue weighted by Gasteiger charge is -2.18. The van der Waals surface area contributed by atoms with Gasteiger partial charge in [-0.05, 0) is 5.56 Å². The van der Waals surface area contributed by atoms with Crippen molar-refractivity contribution >= 4 is 11.0 Å². The SMILES string of the molecule is FC(F)(F)c1nc2cc3c(cc2n1Cc1ccccc1)OCCO3. The van der Waals surface area contributed by atoms with Crippen LogP contribution in [-0.2, 0) is 12.7 Å². The lowest BCUT2D eigenvalue weighted by molar-refractivity contribution is -0.146. The minimum absolute atomic E-state index is 0.0752. The Morgan fingerprint density at radius 2 is 1.67 bits per heavy atom. The summed E-state index contributed by atoms with van der Waals surface area (Å²) in [6.07, 6.45) is -4.55. The first kappa shape index (κ1) is 14.9. The second-order valence-corrected chi connectivity index (χ2v) is 5.49. The van der Waals surface area contributed by atoms with Crippen molar-refractivity contribution in [2.45, 2.75) is 12.7 Å². The average molecular weight is 334 g/mol. The zero-order chi connectivity index (χ0) is 16.7. The summed E-state index contributed by atoms with van der Waals surface area (Å²) in [5.41, 5.74) is 1.37. The first-order valence-electron chi connectivity index (χ1n) is 7.43. The molecule has 1 aliphatic heterocycles. The molecule has 0 amide bonds. The molecule has 3 aromatic rings. The molecule has 1 aromatic heterocycles. The minimum Gasteiger partial charge on any atom is -0.486 e. The van der Waals surface area contributed by atoms with Crippen LogP contribution in [0.3, 0.4) is 0 Å². The van der Waals surface area contributed by atoms with E-state index in [0.717, 1.165) is 5.56 Å². The fourth-order valence-electron chi connectivity index (χ4n) is 2.80. The second kappa shape index (κ2) is 5.43. The van der Waals surface area contributed by atoms with Gasteiger partial charge >= 0.3 is 6.18 Å². The van der Waals surface area contributed by atoms with E-state index in [9.17, 15) is 13.2 Å². The molecular weight excluding hydrogens is 321 g/mol. The van der Waals surface area contributed by atoms with Gasteiger partial charge in [-0.1, -0.05) is 30.3 Å². The smallest absolute Gasteiger partial charge is 0.449 e. The van der Waals surface area contributed by atoms with E-state index in [-0.39, 0.29) is 12.1 Å². The van der Waals surface area contributed by atoms with Gasteiger partial charge in [-0.25, -0.2) is 4.98 Å². The number of fused-ring (bicyclic) bond motifs is 2. The van der Waals surface area contributed by atoms with Crippen LogP contribution in [0.5, 0.6) is 11.5 Å². The predicted molar refractivity (Wildman–Crippen MR) is 81.3 cm³/mol. The van der Waals surface area contributed by atoms with Crippen LogP contribution in [0.4, 0.5) is 13.2 Å². The molecule has 0 unspecified atom stereocenters. The van der Waals surface area contributed by atoms with E-state index in [1.807, 2.05) is 6.07 Å². The Hall–Kier alpha value is -2.70. The highest BCUT2D eigenvalue weighted by Crippen LogP contribution is 2.38. The third-order valence-corrected chi connectivity index (χ3v) is 3.85. The van der Waals surface area contributed by atoms with Crippen molar-refractivity contribution in [3.8, 4) is 11.5 Å². The van der Waals surface area contributed by atoms with Gasteiger partial charge in [-0.2, -0.15) is 13.2 Å². The Kier molecular flexibility index (Phi) is 3.37. The molecule has 2 heterocycles. The molecule has 1 aliphatic rings. The molecule has 0 N–H and O–H groups in total. The Balaban J connectivity index is 1.90. The summed E-state index contributed by atoms with van der Waals surface area (Å²) in [6, 6.07) is 12.0. The van der Waals surface area contributed by atoms with Crippen molar-refractivity contribution in [1.29, 1.82) is 0 Å². The fraction of sp³-hybridized carbons (Fsp3) is 0.235. The van der Waals surface area contributed by atoms with Crippen LogP contribution in [0.1, 0.15) is 11.4 Å². The van der Waals surface area contributed by atoms with E-state index in [4.69, 9.17) is 9.47 Å². The summed E-state index contributed by atoms with van der Waals surface area (Å²) in [4.78, 5) is 3.79. The monoisotopic (exact) mass is 334 g/mol. The van der Waals surface area contributed by atoms with E-state index in [1.54, 1.807) is 30.3 Å². The highest BCUT2D eigenvalue weighted by Gasteiger charge is 2.38. The highest BCUT2D eigenvalue weighted by atomic mass is 19.4. The maximum absolute atomic E-state index is 13.4. The number of benzene rings is 2. The lowest BCUT2D eigenvalue weighted by Crippen LogP contribution is -2.16. The third-order valence-electron chi connectivity index (χ3n) is 3.85. The number of imidazole rings is 1. The minimum atomic E-state index is -4.55. The molecule has 0 atom stereocenters. The van der Waals surface area contributed by atoms with Crippen molar-refractivity contribution in [1.82, 2.24) is 9.55 Å². The number of rotatable bonds is 2. The normalized spacial score (nSPS) is 14.1. The Morgan fingerprint density at radius 1 is 1.00 bits per heavy atom. The van der Waals surface area contributed by atoms with Crippen molar-refractivity contribution in [3.05, 3.63) is 53.9 Å². The summed E-state index contributed by atoms with van der Waals surface area (Å²) in [5.74, 6) is -0.0628. The molecule has 4 rings (SSSR count). The zero-order valence-electron chi connectivity index (χ0n) is 12.5. The van der Waals surface area contributed by atoms with Gasteiger partial charge in [0.1, 0.15) is 13.2 Å². The topological polar surface area (TPSA) is 36.3 Å². The van der Waals surface area contributed by atoms with Gasteiger partial charge in [0.25, 0.3) is 0 Å². The van der Waals surface area contributed by atoms with Gasteiger partial charge in [0.05, 0.1) is 11.0 Å². The first-order chi connectivity index (χ1) is 11.5. The number of hydrogen-bond acceptors (Lipinski definition) is 3. The lowest BCUT2D eigenvalue weighted by atomic mass is 10.2. The molecule has 0 saturated heterocycles. The Bertz CT molecular complexity index is 888. The van der Waals surface area contributed by atoms with Crippen LogP contribution >= 0.6 is 0 Å². The van der Waals surface area contributed by atoms with E-state index < -0.39 is 12.0 Å². The van der Waals surface area contributed by atoms with E-state index in [2.05, 4.69) is 4.98 Å². The van der Waals surface area contributed by atoms with Crippen molar-refractivity contribution in [3.63, 3.8) is 0 Å². The number of aromatic nitrogens is 2. The molecule has 2 aromatic carbocycles. The predicted octanol–water partition coefficient (Wildman–Crippen LogP) is 3.87. The number of hydrogen-bond donors (Lipinski definition) is 0. The van der Waals surface area contributed by atoms with E-state index >= 15 is 0 Å². The van der Waals surface area contributed by atoms with Gasteiger partial charge in [0.2, 0.25) is 5.82 Å². The van der Waals surface area contributed by atoms with Gasteiger partial charge in [0.15, 0.2) is 11.5 Å². The fourth-order valence-corrected chi connectivity index (χ4v) is 2.80. The van der Waals surface area contributed by atoms with Crippen LogP contribution in [-0.4, -0.2) is 22.8 Å². The van der Waals surface area contributed by atoms with E-state index in [0.29, 0.717) is 30.2 Å². The maximum atomic E-state index is 13.4. The van der Waals surface area contributed by atoms with Crippen LogP contribution in [0.2, 0.25) is 0 Å². The van der Waals surface area contributed by atoms with Crippen molar-refractivity contribution < 1.29 is 22.6 Å². The summed E-state index contributed by atoms with van der Waals surface area (Å²) in [5, 5.41) is 0. The van der Waals surface area contributed by atoms with Crippen molar-refractivity contribution in [2.75, 3.05) is 13.2 Å². The third kappa shape index (κ3) is 2.55. The molecule has 0 fully saturated rings. The maximum Gasteiger partial charge on any atom is 0.449 e. The molecule has 0 aliphatic carbocycles. The van der Waals surface area contributed by atoms with Crippen LogP contribution in [0, 0.1) is 0 Å². The highest BCUT2D eigenvalue weighted by molar-refractivity contribution is 5.81. The van der Waals surface area contributed by atoms with Crippen LogP contribution in [0.15, 0.2) is 42.5 Å². The largest absolute Gasteiger partial charge is 0.486 e. The van der Waals surface area contributed by atoms with Gasteiger partial charge in [0, 0.05) is 18.7 Å². The van der Waals surface area contributed by atoms with Gasteiger partial charge in [-0.3, -0.25) is 0 Å². The zero-order valence-corrected chi connectivity index (χ0v) is 12.5. The van der Waals surface area contributed by atoms with Gasteiger partial charge < -0.3 is 14.0 Å². The number of alkyl halides is 3. The van der Waals surface area contributed by atoms with Crippen LogP contribution < -0.4 is 9.47 Å². The Morgan fingerprint density at radius 3 is 2.33 bits per heavy atom. The average Bonchev–Trinajstić information content (AvgIpc) is 2.92. The van der Waals surface area contributed by atoms with Crippen molar-refractivity contribution in [2.24, 2.45) is 0 Å². The Labute approximate surface area is 135 Å². The molecule has 0 spiro atoms. The summed E-state index contributed by atoms with van der Waals surface area (Å²) in [7, 11) is 0. The molecule has 7 heteroatoms. The molecule has 0 saturated carbocycles. The van der Waals surface area contributed by atoms with Crippen LogP contribution in [0.25, 0.3) is 11.0 Å². The summed E-state index contributed by atoms with van der Waals surface area (Å²) >= 11 is 0. The number of nitrogens with zero attached hydrogens (tertiary/aromatic N) is 2. The molecule has 24 heavy (non-hydrogen) atoms. The first-order valence-corrected chi connectivity index (χ1v) is 7.43.